The number of fused-ring (bicyclic) bond motifs is 9. The molecular weight excluding hydrogens is 683 g/mol. The number of hydrogen-bond donors (Lipinski definition) is 0. The van der Waals surface area contributed by atoms with E-state index in [0.717, 1.165) is 61.1 Å². The zero-order valence-corrected chi connectivity index (χ0v) is 33.5. The molecule has 0 N–H and O–H groups in total. The van der Waals surface area contributed by atoms with Gasteiger partial charge in [0.05, 0.1) is 11.1 Å². The molecule has 1 aliphatic rings. The first-order valence-electron chi connectivity index (χ1n) is 19.8. The molecule has 1 aliphatic carbocycles. The summed E-state index contributed by atoms with van der Waals surface area (Å²) in [5.74, 6) is 0. The second-order valence-corrected chi connectivity index (χ2v) is 18.2. The lowest BCUT2D eigenvalue weighted by atomic mass is 9.79. The minimum atomic E-state index is -0.149. The van der Waals surface area contributed by atoms with Crippen molar-refractivity contribution in [1.82, 2.24) is 0 Å². The number of hydrogen-bond acceptors (Lipinski definition) is 3. The molecule has 0 amide bonds. The van der Waals surface area contributed by atoms with Crippen LogP contribution in [0.4, 0.5) is 17.1 Å². The fourth-order valence-corrected chi connectivity index (χ4v) is 9.12. The fourth-order valence-electron chi connectivity index (χ4n) is 9.12. The highest BCUT2D eigenvalue weighted by Crippen LogP contribution is 2.52. The van der Waals surface area contributed by atoms with E-state index < -0.39 is 0 Å². The van der Waals surface area contributed by atoms with Gasteiger partial charge in [0, 0.05) is 32.9 Å². The minimum absolute atomic E-state index is 0.0114. The number of benzene rings is 7. The molecule has 0 atom stereocenters. The Kier molecular flexibility index (Phi) is 7.36. The van der Waals surface area contributed by atoms with Crippen LogP contribution < -0.4 is 4.90 Å². The maximum absolute atomic E-state index is 6.73. The molecular formula is C53H47NO2. The predicted octanol–water partition coefficient (Wildman–Crippen LogP) is 15.5. The Bertz CT molecular complexity index is 3020. The predicted molar refractivity (Wildman–Crippen MR) is 236 cm³/mol. The lowest BCUT2D eigenvalue weighted by molar-refractivity contribution is 0.569. The number of furan rings is 2. The van der Waals surface area contributed by atoms with Crippen molar-refractivity contribution in [3.05, 3.63) is 162 Å². The van der Waals surface area contributed by atoms with Gasteiger partial charge in [0.1, 0.15) is 22.3 Å². The van der Waals surface area contributed by atoms with E-state index in [1.165, 1.54) is 44.3 Å². The molecule has 0 unspecified atom stereocenters. The molecule has 56 heavy (non-hydrogen) atoms. The number of anilines is 3. The quantitative estimate of drug-likeness (QED) is 0.181. The minimum Gasteiger partial charge on any atom is -0.456 e. The average Bonchev–Trinajstić information content (AvgIpc) is 3.82. The summed E-state index contributed by atoms with van der Waals surface area (Å²) < 4.78 is 13.4. The Morgan fingerprint density at radius 2 is 1.12 bits per heavy atom. The molecule has 0 radical (unpaired) electrons. The molecule has 0 bridgehead atoms. The molecule has 2 aromatic heterocycles. The van der Waals surface area contributed by atoms with E-state index in [-0.39, 0.29) is 16.2 Å². The third-order valence-electron chi connectivity index (χ3n) is 12.1. The van der Waals surface area contributed by atoms with Crippen molar-refractivity contribution in [3.8, 4) is 22.3 Å². The summed E-state index contributed by atoms with van der Waals surface area (Å²) in [6.07, 6.45) is 0. The smallest absolute Gasteiger partial charge is 0.137 e. The van der Waals surface area contributed by atoms with Gasteiger partial charge in [-0.15, -0.1) is 0 Å². The Labute approximate surface area is 329 Å². The molecule has 2 heterocycles. The van der Waals surface area contributed by atoms with Crippen molar-refractivity contribution < 1.29 is 8.83 Å². The van der Waals surface area contributed by atoms with Crippen LogP contribution in [0.15, 0.2) is 148 Å². The summed E-state index contributed by atoms with van der Waals surface area (Å²) in [6, 6.07) is 50.9. The summed E-state index contributed by atoms with van der Waals surface area (Å²) in [5.41, 5.74) is 16.8. The van der Waals surface area contributed by atoms with Gasteiger partial charge >= 0.3 is 0 Å². The number of nitrogens with zero attached hydrogens (tertiary/aromatic N) is 1. The van der Waals surface area contributed by atoms with Crippen LogP contribution in [-0.2, 0) is 16.2 Å². The van der Waals surface area contributed by atoms with E-state index in [4.69, 9.17) is 8.83 Å². The Morgan fingerprint density at radius 1 is 0.464 bits per heavy atom. The topological polar surface area (TPSA) is 29.5 Å². The van der Waals surface area contributed by atoms with Crippen molar-refractivity contribution in [1.29, 1.82) is 0 Å². The second-order valence-electron chi connectivity index (χ2n) is 18.2. The molecule has 276 valence electrons. The van der Waals surface area contributed by atoms with E-state index >= 15 is 0 Å². The molecule has 0 saturated carbocycles. The maximum Gasteiger partial charge on any atom is 0.137 e. The highest BCUT2D eigenvalue weighted by Gasteiger charge is 2.36. The summed E-state index contributed by atoms with van der Waals surface area (Å²) in [4.78, 5) is 2.43. The first-order valence-corrected chi connectivity index (χ1v) is 19.8. The summed E-state index contributed by atoms with van der Waals surface area (Å²) in [5, 5.41) is 4.49. The van der Waals surface area contributed by atoms with Gasteiger partial charge in [0.25, 0.3) is 0 Å². The Hall–Kier alpha value is -6.06. The lowest BCUT2D eigenvalue weighted by Gasteiger charge is -2.29. The first-order chi connectivity index (χ1) is 26.8. The van der Waals surface area contributed by atoms with Gasteiger partial charge in [0.2, 0.25) is 0 Å². The van der Waals surface area contributed by atoms with Crippen LogP contribution in [0, 0.1) is 0 Å². The largest absolute Gasteiger partial charge is 0.456 e. The van der Waals surface area contributed by atoms with Crippen LogP contribution in [0.2, 0.25) is 0 Å². The van der Waals surface area contributed by atoms with Gasteiger partial charge in [-0.05, 0) is 116 Å². The Balaban J connectivity index is 1.26. The van der Waals surface area contributed by atoms with Crippen LogP contribution in [0.5, 0.6) is 0 Å². The normalized spacial score (nSPS) is 13.9. The maximum atomic E-state index is 6.73. The molecule has 3 heteroatoms. The molecule has 7 aromatic carbocycles. The van der Waals surface area contributed by atoms with Gasteiger partial charge in [-0.2, -0.15) is 0 Å². The van der Waals surface area contributed by atoms with E-state index in [2.05, 4.69) is 200 Å². The lowest BCUT2D eigenvalue weighted by Crippen LogP contribution is -2.17. The molecule has 9 aromatic rings. The van der Waals surface area contributed by atoms with E-state index in [1.807, 2.05) is 0 Å². The van der Waals surface area contributed by atoms with Crippen molar-refractivity contribution in [2.45, 2.75) is 71.6 Å². The SMILES string of the molecule is CC(C)(C)c1cc(C(C)(C)C)c2c(c1)oc1ccc(N(c3ccc4c(c3)C(C)(C)c3ccccc3-4)c3cccc4oc5ccc(-c6ccccc6)cc5c34)cc12. The second kappa shape index (κ2) is 12.0. The zero-order valence-electron chi connectivity index (χ0n) is 33.5. The van der Waals surface area contributed by atoms with E-state index in [1.54, 1.807) is 0 Å². The first kappa shape index (κ1) is 34.4. The molecule has 10 rings (SSSR count). The van der Waals surface area contributed by atoms with Gasteiger partial charge in [0.15, 0.2) is 0 Å². The molecule has 3 nitrogen and oxygen atoms in total. The monoisotopic (exact) mass is 729 g/mol. The Morgan fingerprint density at radius 3 is 1.89 bits per heavy atom. The van der Waals surface area contributed by atoms with Gasteiger partial charge in [-0.1, -0.05) is 134 Å². The molecule has 0 fully saturated rings. The highest BCUT2D eigenvalue weighted by molar-refractivity contribution is 6.15. The average molecular weight is 730 g/mol. The number of rotatable bonds is 4. The van der Waals surface area contributed by atoms with Crippen LogP contribution in [0.3, 0.4) is 0 Å². The van der Waals surface area contributed by atoms with Crippen LogP contribution in [-0.4, -0.2) is 0 Å². The third-order valence-corrected chi connectivity index (χ3v) is 12.1. The van der Waals surface area contributed by atoms with Gasteiger partial charge in [-0.25, -0.2) is 0 Å². The zero-order chi connectivity index (χ0) is 38.7. The van der Waals surface area contributed by atoms with Crippen molar-refractivity contribution >= 4 is 60.9 Å². The van der Waals surface area contributed by atoms with E-state index in [0.29, 0.717) is 0 Å². The van der Waals surface area contributed by atoms with Crippen molar-refractivity contribution in [3.63, 3.8) is 0 Å². The van der Waals surface area contributed by atoms with Gasteiger partial charge < -0.3 is 13.7 Å². The van der Waals surface area contributed by atoms with Crippen molar-refractivity contribution in [2.24, 2.45) is 0 Å². The molecule has 0 aliphatic heterocycles. The molecule has 0 spiro atoms. The van der Waals surface area contributed by atoms with Gasteiger partial charge in [-0.3, -0.25) is 0 Å². The third kappa shape index (κ3) is 5.24. The highest BCUT2D eigenvalue weighted by atomic mass is 16.3. The fraction of sp³-hybridized carbons (Fsp3) is 0.208. The summed E-state index contributed by atoms with van der Waals surface area (Å²) >= 11 is 0. The summed E-state index contributed by atoms with van der Waals surface area (Å²) in [7, 11) is 0. The van der Waals surface area contributed by atoms with Crippen molar-refractivity contribution in [2.75, 3.05) is 4.90 Å². The van der Waals surface area contributed by atoms with Crippen LogP contribution in [0.1, 0.15) is 77.6 Å². The molecule has 0 saturated heterocycles. The van der Waals surface area contributed by atoms with Crippen LogP contribution in [0.25, 0.3) is 66.1 Å². The van der Waals surface area contributed by atoms with E-state index in [9.17, 15) is 0 Å². The summed E-state index contributed by atoms with van der Waals surface area (Å²) in [6.45, 7) is 18.5. The standard InChI is InChI=1S/C53H47NO2/c1-51(2,3)34-28-43(52(4,5)6)49-40-30-35(23-26-46(40)56-48(49)29-34)54(36-22-24-38-37-17-12-13-18-41(37)53(7,8)42(38)31-36)44-19-14-20-47-50(44)39-27-33(21-25-45(39)55-47)32-15-10-9-11-16-32/h9-31H,1-8H3. The van der Waals surface area contributed by atoms with Crippen LogP contribution >= 0.6 is 0 Å².